The number of nitrogens with zero attached hydrogens (tertiary/aromatic N) is 1. The topological polar surface area (TPSA) is 101 Å². The second kappa shape index (κ2) is 8.09. The third-order valence-electron chi connectivity index (χ3n) is 3.24. The quantitative estimate of drug-likeness (QED) is 0.554. The summed E-state index contributed by atoms with van der Waals surface area (Å²) in [7, 11) is 0. The highest BCUT2D eigenvalue weighted by molar-refractivity contribution is 8.00. The largest absolute Gasteiger partial charge is 0.369 e. The fourth-order valence-corrected chi connectivity index (χ4v) is 3.59. The number of amides is 2. The predicted octanol–water partition coefficient (Wildman–Crippen LogP) is 2.87. The molecule has 1 heterocycles. The lowest BCUT2D eigenvalue weighted by Gasteiger charge is -2.09. The molecule has 3 aromatic rings. The average molecular weight is 372 g/mol. The molecule has 6 nitrogen and oxygen atoms in total. The van der Waals surface area contributed by atoms with E-state index in [9.17, 15) is 9.59 Å². The first-order valence-electron chi connectivity index (χ1n) is 7.49. The van der Waals surface area contributed by atoms with E-state index in [0.29, 0.717) is 10.8 Å². The van der Waals surface area contributed by atoms with E-state index < -0.39 is 5.91 Å². The molecule has 0 aliphatic carbocycles. The van der Waals surface area contributed by atoms with Crippen molar-refractivity contribution in [3.63, 3.8) is 0 Å². The Labute approximate surface area is 153 Å². The fraction of sp³-hybridized carbons (Fsp3) is 0.118. The number of aromatic amines is 1. The lowest BCUT2D eigenvalue weighted by Crippen LogP contribution is -2.16. The van der Waals surface area contributed by atoms with Gasteiger partial charge in [-0.05, 0) is 24.3 Å². The van der Waals surface area contributed by atoms with E-state index in [4.69, 9.17) is 5.73 Å². The minimum atomic E-state index is -0.397. The van der Waals surface area contributed by atoms with E-state index in [1.54, 1.807) is 6.07 Å². The Morgan fingerprint density at radius 3 is 2.60 bits per heavy atom. The number of anilines is 1. The third kappa shape index (κ3) is 4.77. The maximum absolute atomic E-state index is 12.2. The zero-order chi connectivity index (χ0) is 17.6. The van der Waals surface area contributed by atoms with E-state index in [1.807, 2.05) is 42.5 Å². The summed E-state index contributed by atoms with van der Waals surface area (Å²) in [6, 6.07) is 15.0. The standard InChI is InChI=1S/C17H16N4O2S2/c18-15(22)9-24-14-8-4-3-7-13(14)19-16(23)10-25-17-20-11-5-1-2-6-12(11)21-17/h1-8H,9-10H2,(H2,18,22)(H,19,23)(H,20,21). The summed E-state index contributed by atoms with van der Waals surface area (Å²) in [4.78, 5) is 31.6. The number of hydrogen-bond donors (Lipinski definition) is 3. The molecule has 0 bridgehead atoms. The number of imidazole rings is 1. The number of primary amides is 1. The molecule has 8 heteroatoms. The molecule has 0 aliphatic heterocycles. The van der Waals surface area contributed by atoms with Crippen molar-refractivity contribution in [1.29, 1.82) is 0 Å². The number of hydrogen-bond acceptors (Lipinski definition) is 5. The first-order chi connectivity index (χ1) is 12.1. The molecule has 0 saturated heterocycles. The van der Waals surface area contributed by atoms with Crippen molar-refractivity contribution in [3.8, 4) is 0 Å². The van der Waals surface area contributed by atoms with Crippen LogP contribution in [0.1, 0.15) is 0 Å². The SMILES string of the molecule is NC(=O)CSc1ccccc1NC(=O)CSc1nc2ccccc2[nH]1. The lowest BCUT2D eigenvalue weighted by molar-refractivity contribution is -0.115. The summed E-state index contributed by atoms with van der Waals surface area (Å²) < 4.78 is 0. The number of carbonyl (C=O) groups excluding carboxylic acids is 2. The van der Waals surface area contributed by atoms with Gasteiger partial charge in [0.1, 0.15) is 0 Å². The molecule has 0 saturated carbocycles. The van der Waals surface area contributed by atoms with Gasteiger partial charge in [0.05, 0.1) is 28.2 Å². The van der Waals surface area contributed by atoms with Gasteiger partial charge in [-0.2, -0.15) is 0 Å². The molecule has 2 aromatic carbocycles. The van der Waals surface area contributed by atoms with Crippen LogP contribution in [0.2, 0.25) is 0 Å². The van der Waals surface area contributed by atoms with Crippen molar-refractivity contribution >= 4 is 52.1 Å². The number of fused-ring (bicyclic) bond motifs is 1. The van der Waals surface area contributed by atoms with Crippen molar-refractivity contribution in [1.82, 2.24) is 9.97 Å². The summed E-state index contributed by atoms with van der Waals surface area (Å²) >= 11 is 2.64. The van der Waals surface area contributed by atoms with Crippen LogP contribution in [-0.4, -0.2) is 33.3 Å². The Morgan fingerprint density at radius 2 is 1.80 bits per heavy atom. The highest BCUT2D eigenvalue weighted by Gasteiger charge is 2.10. The number of thioether (sulfide) groups is 2. The van der Waals surface area contributed by atoms with E-state index in [0.717, 1.165) is 15.9 Å². The summed E-state index contributed by atoms with van der Waals surface area (Å²) in [6.07, 6.45) is 0. The van der Waals surface area contributed by atoms with Crippen LogP contribution in [0.25, 0.3) is 11.0 Å². The van der Waals surface area contributed by atoms with Gasteiger partial charge in [0.2, 0.25) is 11.8 Å². The van der Waals surface area contributed by atoms with Crippen molar-refractivity contribution in [2.24, 2.45) is 5.73 Å². The van der Waals surface area contributed by atoms with Crippen LogP contribution < -0.4 is 11.1 Å². The highest BCUT2D eigenvalue weighted by atomic mass is 32.2. The van der Waals surface area contributed by atoms with E-state index in [1.165, 1.54) is 23.5 Å². The van der Waals surface area contributed by atoms with E-state index >= 15 is 0 Å². The lowest BCUT2D eigenvalue weighted by atomic mass is 10.3. The van der Waals surface area contributed by atoms with Gasteiger partial charge in [-0.3, -0.25) is 9.59 Å². The first kappa shape index (κ1) is 17.4. The van der Waals surface area contributed by atoms with Crippen molar-refractivity contribution in [2.45, 2.75) is 10.1 Å². The minimum Gasteiger partial charge on any atom is -0.369 e. The molecule has 0 radical (unpaired) electrons. The van der Waals surface area contributed by atoms with Crippen molar-refractivity contribution in [2.75, 3.05) is 16.8 Å². The number of aromatic nitrogens is 2. The zero-order valence-corrected chi connectivity index (χ0v) is 14.8. The van der Waals surface area contributed by atoms with Gasteiger partial charge in [0.25, 0.3) is 0 Å². The van der Waals surface area contributed by atoms with Gasteiger partial charge in [-0.25, -0.2) is 4.98 Å². The maximum atomic E-state index is 12.2. The van der Waals surface area contributed by atoms with Crippen LogP contribution >= 0.6 is 23.5 Å². The molecule has 1 aromatic heterocycles. The molecule has 0 unspecified atom stereocenters. The van der Waals surface area contributed by atoms with Crippen LogP contribution in [0, 0.1) is 0 Å². The zero-order valence-electron chi connectivity index (χ0n) is 13.2. The summed E-state index contributed by atoms with van der Waals surface area (Å²) in [5, 5.41) is 3.57. The Morgan fingerprint density at radius 1 is 1.04 bits per heavy atom. The predicted molar refractivity (Wildman–Crippen MR) is 102 cm³/mol. The highest BCUT2D eigenvalue weighted by Crippen LogP contribution is 2.27. The molecule has 3 rings (SSSR count). The van der Waals surface area contributed by atoms with Gasteiger partial charge in [0.15, 0.2) is 5.16 Å². The summed E-state index contributed by atoms with van der Waals surface area (Å²) in [6.45, 7) is 0. The molecular weight excluding hydrogens is 356 g/mol. The van der Waals surface area contributed by atoms with E-state index in [2.05, 4.69) is 15.3 Å². The molecule has 0 aliphatic rings. The smallest absolute Gasteiger partial charge is 0.234 e. The Bertz CT molecular complexity index is 877. The molecule has 4 N–H and O–H groups in total. The monoisotopic (exact) mass is 372 g/mol. The molecule has 0 spiro atoms. The van der Waals surface area contributed by atoms with Crippen LogP contribution in [0.5, 0.6) is 0 Å². The number of para-hydroxylation sites is 3. The molecular formula is C17H16N4O2S2. The van der Waals surface area contributed by atoms with Gasteiger partial charge < -0.3 is 16.0 Å². The average Bonchev–Trinajstić information content (AvgIpc) is 3.02. The Kier molecular flexibility index (Phi) is 5.62. The second-order valence-electron chi connectivity index (χ2n) is 5.15. The molecule has 0 atom stereocenters. The van der Waals surface area contributed by atoms with Gasteiger partial charge in [0, 0.05) is 4.90 Å². The number of rotatable bonds is 7. The molecule has 0 fully saturated rings. The third-order valence-corrected chi connectivity index (χ3v) is 5.21. The first-order valence-corrected chi connectivity index (χ1v) is 9.46. The maximum Gasteiger partial charge on any atom is 0.234 e. The molecule has 128 valence electrons. The van der Waals surface area contributed by atoms with E-state index in [-0.39, 0.29) is 17.4 Å². The van der Waals surface area contributed by atoms with Gasteiger partial charge in [-0.15, -0.1) is 11.8 Å². The molecule has 25 heavy (non-hydrogen) atoms. The number of benzene rings is 2. The van der Waals surface area contributed by atoms with Crippen molar-refractivity contribution < 1.29 is 9.59 Å². The summed E-state index contributed by atoms with van der Waals surface area (Å²) in [5.74, 6) is -0.140. The number of carbonyl (C=O) groups is 2. The van der Waals surface area contributed by atoms with Gasteiger partial charge in [-0.1, -0.05) is 36.0 Å². The molecule has 2 amide bonds. The van der Waals surface area contributed by atoms with Gasteiger partial charge >= 0.3 is 0 Å². The number of nitrogens with two attached hydrogens (primary N) is 1. The van der Waals surface area contributed by atoms with Crippen LogP contribution in [0.4, 0.5) is 5.69 Å². The summed E-state index contributed by atoms with van der Waals surface area (Å²) in [5.41, 5.74) is 7.66. The fourth-order valence-electron chi connectivity index (χ4n) is 2.16. The number of nitrogens with one attached hydrogen (secondary N) is 2. The normalized spacial score (nSPS) is 10.7. The van der Waals surface area contributed by atoms with Crippen LogP contribution in [-0.2, 0) is 9.59 Å². The Balaban J connectivity index is 1.60. The second-order valence-corrected chi connectivity index (χ2v) is 7.13. The Hall–Kier alpha value is -2.45. The van der Waals surface area contributed by atoms with Crippen LogP contribution in [0.3, 0.4) is 0 Å². The van der Waals surface area contributed by atoms with Crippen molar-refractivity contribution in [3.05, 3.63) is 48.5 Å². The van der Waals surface area contributed by atoms with Crippen LogP contribution in [0.15, 0.2) is 58.6 Å². The number of H-pyrrole nitrogens is 1. The minimum absolute atomic E-state index is 0.141.